The average molecular weight is 324 g/mol. The van der Waals surface area contributed by atoms with Crippen molar-refractivity contribution in [1.82, 2.24) is 5.43 Å². The lowest BCUT2D eigenvalue weighted by atomic mass is 10.1. The molecule has 0 saturated heterocycles. The van der Waals surface area contributed by atoms with E-state index in [1.54, 1.807) is 24.3 Å². The minimum absolute atomic E-state index is 0.219. The first-order valence-electron chi connectivity index (χ1n) is 8.39. The van der Waals surface area contributed by atoms with Crippen molar-refractivity contribution in [2.24, 2.45) is 5.10 Å². The number of ether oxygens (including phenoxy) is 1. The van der Waals surface area contributed by atoms with Crippen molar-refractivity contribution < 1.29 is 9.53 Å². The maximum absolute atomic E-state index is 12.3. The second-order valence-electron chi connectivity index (χ2n) is 5.43. The topological polar surface area (TPSA) is 50.7 Å². The predicted molar refractivity (Wildman–Crippen MR) is 97.6 cm³/mol. The summed E-state index contributed by atoms with van der Waals surface area (Å²) in [5, 5.41) is 4.35. The smallest absolute Gasteiger partial charge is 0.271 e. The van der Waals surface area contributed by atoms with E-state index in [-0.39, 0.29) is 5.91 Å². The van der Waals surface area contributed by atoms with Crippen LogP contribution in [0.3, 0.4) is 0 Å². The Bertz CT molecular complexity index is 664. The number of amides is 1. The zero-order valence-electron chi connectivity index (χ0n) is 14.3. The van der Waals surface area contributed by atoms with E-state index in [0.29, 0.717) is 12.2 Å². The zero-order chi connectivity index (χ0) is 17.2. The van der Waals surface area contributed by atoms with Crippen LogP contribution in [0.1, 0.15) is 49.0 Å². The number of unbranched alkanes of at least 4 members (excludes halogenated alkanes) is 1. The third-order valence-corrected chi connectivity index (χ3v) is 3.59. The molecule has 0 bridgehead atoms. The molecule has 0 aliphatic heterocycles. The summed E-state index contributed by atoms with van der Waals surface area (Å²) in [5.74, 6) is 0.536. The highest BCUT2D eigenvalue weighted by molar-refractivity contribution is 6.02. The van der Waals surface area contributed by atoms with Gasteiger partial charge in [0.05, 0.1) is 12.3 Å². The van der Waals surface area contributed by atoms with Crippen LogP contribution >= 0.6 is 0 Å². The molecule has 0 aliphatic rings. The highest BCUT2D eigenvalue weighted by Gasteiger charge is 2.07. The van der Waals surface area contributed by atoms with Crippen LogP contribution < -0.4 is 10.2 Å². The van der Waals surface area contributed by atoms with Gasteiger partial charge in [-0.15, -0.1) is 0 Å². The van der Waals surface area contributed by atoms with Crippen molar-refractivity contribution in [3.63, 3.8) is 0 Å². The number of nitrogens with zero attached hydrogens (tertiary/aromatic N) is 1. The van der Waals surface area contributed by atoms with E-state index in [2.05, 4.69) is 17.5 Å². The van der Waals surface area contributed by atoms with Gasteiger partial charge in [-0.2, -0.15) is 5.10 Å². The molecular weight excluding hydrogens is 300 g/mol. The van der Waals surface area contributed by atoms with Crippen molar-refractivity contribution in [2.75, 3.05) is 6.61 Å². The van der Waals surface area contributed by atoms with Crippen LogP contribution in [0.15, 0.2) is 59.7 Å². The van der Waals surface area contributed by atoms with Crippen LogP contribution in [-0.2, 0) is 0 Å². The molecule has 0 atom stereocenters. The Hall–Kier alpha value is -2.62. The van der Waals surface area contributed by atoms with Gasteiger partial charge in [-0.05, 0) is 49.6 Å². The summed E-state index contributed by atoms with van der Waals surface area (Å²) in [5.41, 5.74) is 5.17. The molecule has 0 spiro atoms. The molecule has 0 heterocycles. The Balaban J connectivity index is 2.08. The number of carbonyl (C=O) groups is 1. The molecule has 0 radical (unpaired) electrons. The molecule has 0 fully saturated rings. The summed E-state index contributed by atoms with van der Waals surface area (Å²) >= 11 is 0. The SMILES string of the molecule is CCCCC(=NNC(=O)c1ccc(OCC)cc1)c1ccccc1. The molecule has 1 amide bonds. The van der Waals surface area contributed by atoms with Crippen molar-refractivity contribution in [1.29, 1.82) is 0 Å². The number of carbonyl (C=O) groups excluding carboxylic acids is 1. The number of nitrogens with one attached hydrogen (secondary N) is 1. The van der Waals surface area contributed by atoms with E-state index >= 15 is 0 Å². The van der Waals surface area contributed by atoms with E-state index < -0.39 is 0 Å². The fourth-order valence-electron chi connectivity index (χ4n) is 2.29. The Morgan fingerprint density at radius 1 is 1.00 bits per heavy atom. The van der Waals surface area contributed by atoms with Gasteiger partial charge in [0.1, 0.15) is 5.75 Å². The fourth-order valence-corrected chi connectivity index (χ4v) is 2.29. The number of rotatable bonds is 8. The van der Waals surface area contributed by atoms with E-state index in [1.165, 1.54) is 0 Å². The van der Waals surface area contributed by atoms with Gasteiger partial charge in [0.2, 0.25) is 0 Å². The summed E-state index contributed by atoms with van der Waals surface area (Å²) in [4.78, 5) is 12.3. The second kappa shape index (κ2) is 9.50. The van der Waals surface area contributed by atoms with Gasteiger partial charge in [-0.3, -0.25) is 4.79 Å². The molecule has 24 heavy (non-hydrogen) atoms. The molecule has 1 N–H and O–H groups in total. The molecule has 0 unspecified atom stereocenters. The van der Waals surface area contributed by atoms with E-state index in [0.717, 1.165) is 36.3 Å². The standard InChI is InChI=1S/C20H24N2O2/c1-3-5-11-19(16-9-7-6-8-10-16)21-22-20(23)17-12-14-18(15-13-17)24-4-2/h6-10,12-15H,3-5,11H2,1-2H3,(H,22,23). The third-order valence-electron chi connectivity index (χ3n) is 3.59. The highest BCUT2D eigenvalue weighted by Crippen LogP contribution is 2.12. The van der Waals surface area contributed by atoms with Crippen molar-refractivity contribution >= 4 is 11.6 Å². The molecular formula is C20H24N2O2. The molecule has 0 saturated carbocycles. The lowest BCUT2D eigenvalue weighted by molar-refractivity contribution is 0.0954. The monoisotopic (exact) mass is 324 g/mol. The van der Waals surface area contributed by atoms with Crippen molar-refractivity contribution in [3.05, 3.63) is 65.7 Å². The molecule has 126 valence electrons. The van der Waals surface area contributed by atoms with E-state index in [4.69, 9.17) is 4.74 Å². The minimum atomic E-state index is -0.219. The largest absolute Gasteiger partial charge is 0.494 e. The van der Waals surface area contributed by atoms with Crippen LogP contribution in [0.4, 0.5) is 0 Å². The first kappa shape index (κ1) is 17.7. The Labute approximate surface area is 143 Å². The third kappa shape index (κ3) is 5.23. The lowest BCUT2D eigenvalue weighted by Crippen LogP contribution is -2.20. The first-order valence-corrected chi connectivity index (χ1v) is 8.39. The number of hydrogen-bond donors (Lipinski definition) is 1. The van der Waals surface area contributed by atoms with Crippen molar-refractivity contribution in [2.45, 2.75) is 33.1 Å². The molecule has 2 aromatic carbocycles. The van der Waals surface area contributed by atoms with Crippen LogP contribution in [0.5, 0.6) is 5.75 Å². The van der Waals surface area contributed by atoms with Gasteiger partial charge in [-0.1, -0.05) is 43.7 Å². The second-order valence-corrected chi connectivity index (χ2v) is 5.43. The molecule has 2 aromatic rings. The average Bonchev–Trinajstić information content (AvgIpc) is 2.63. The summed E-state index contributed by atoms with van der Waals surface area (Å²) < 4.78 is 5.38. The zero-order valence-corrected chi connectivity index (χ0v) is 14.3. The van der Waals surface area contributed by atoms with Crippen LogP contribution in [-0.4, -0.2) is 18.2 Å². The number of benzene rings is 2. The van der Waals surface area contributed by atoms with Gasteiger partial charge >= 0.3 is 0 Å². The summed E-state index contributed by atoms with van der Waals surface area (Å²) in [7, 11) is 0. The van der Waals surface area contributed by atoms with Crippen molar-refractivity contribution in [3.8, 4) is 5.75 Å². The normalized spacial score (nSPS) is 11.2. The quantitative estimate of drug-likeness (QED) is 0.577. The Kier molecular flexibility index (Phi) is 7.02. The minimum Gasteiger partial charge on any atom is -0.494 e. The number of hydrazone groups is 1. The maximum atomic E-state index is 12.3. The molecule has 0 aromatic heterocycles. The predicted octanol–water partition coefficient (Wildman–Crippen LogP) is 4.41. The van der Waals surface area contributed by atoms with Gasteiger partial charge in [0.25, 0.3) is 5.91 Å². The van der Waals surface area contributed by atoms with E-state index in [1.807, 2.05) is 37.3 Å². The Morgan fingerprint density at radius 2 is 1.71 bits per heavy atom. The number of hydrogen-bond acceptors (Lipinski definition) is 3. The lowest BCUT2D eigenvalue weighted by Gasteiger charge is -2.08. The molecule has 2 rings (SSSR count). The fraction of sp³-hybridized carbons (Fsp3) is 0.300. The highest BCUT2D eigenvalue weighted by atomic mass is 16.5. The summed E-state index contributed by atoms with van der Waals surface area (Å²) in [6.45, 7) is 4.67. The van der Waals surface area contributed by atoms with Gasteiger partial charge in [0.15, 0.2) is 0 Å². The van der Waals surface area contributed by atoms with Crippen LogP contribution in [0.25, 0.3) is 0 Å². The van der Waals surface area contributed by atoms with Gasteiger partial charge < -0.3 is 4.74 Å². The van der Waals surface area contributed by atoms with Gasteiger partial charge in [-0.25, -0.2) is 5.43 Å². The Morgan fingerprint density at radius 3 is 2.33 bits per heavy atom. The molecule has 0 aliphatic carbocycles. The summed E-state index contributed by atoms with van der Waals surface area (Å²) in [6, 6.07) is 17.0. The van der Waals surface area contributed by atoms with Crippen LogP contribution in [0.2, 0.25) is 0 Å². The first-order chi connectivity index (χ1) is 11.7. The molecule has 4 nitrogen and oxygen atoms in total. The van der Waals surface area contributed by atoms with Gasteiger partial charge in [0, 0.05) is 5.56 Å². The molecule has 4 heteroatoms. The maximum Gasteiger partial charge on any atom is 0.271 e. The van der Waals surface area contributed by atoms with E-state index in [9.17, 15) is 4.79 Å². The van der Waals surface area contributed by atoms with Crippen LogP contribution in [0, 0.1) is 0 Å². The summed E-state index contributed by atoms with van der Waals surface area (Å²) in [6.07, 6.45) is 2.95.